The molecule has 32 heavy (non-hydrogen) atoms. The number of aliphatic imine (C=N–C) groups is 1. The number of hydrogen-bond acceptors (Lipinski definition) is 4. The second-order valence-corrected chi connectivity index (χ2v) is 8.63. The molecule has 0 aliphatic carbocycles. The third-order valence-electron chi connectivity index (χ3n) is 6.47. The summed E-state index contributed by atoms with van der Waals surface area (Å²) in [4.78, 5) is 11.1. The maximum absolute atomic E-state index is 6.03. The molecule has 1 aromatic heterocycles. The Hall–Kier alpha value is -1.65. The van der Waals surface area contributed by atoms with Gasteiger partial charge in [0.25, 0.3) is 0 Å². The van der Waals surface area contributed by atoms with Gasteiger partial charge in [0.05, 0.1) is 25.1 Å². The molecule has 176 valence electrons. The van der Waals surface area contributed by atoms with Crippen molar-refractivity contribution in [2.24, 2.45) is 10.9 Å². The van der Waals surface area contributed by atoms with E-state index in [2.05, 4.69) is 62.1 Å². The summed E-state index contributed by atoms with van der Waals surface area (Å²) in [7, 11) is 1.86. The summed E-state index contributed by atoms with van der Waals surface area (Å²) in [5.41, 5.74) is 2.46. The van der Waals surface area contributed by atoms with E-state index in [1.165, 1.54) is 11.1 Å². The molecule has 2 aliphatic rings. The summed E-state index contributed by atoms with van der Waals surface area (Å²) in [6.07, 6.45) is 9.32. The molecule has 0 bridgehead atoms. The molecule has 1 aromatic carbocycles. The van der Waals surface area contributed by atoms with Gasteiger partial charge in [-0.2, -0.15) is 0 Å². The van der Waals surface area contributed by atoms with Gasteiger partial charge in [-0.05, 0) is 36.3 Å². The molecule has 0 radical (unpaired) electrons. The topological polar surface area (TPSA) is 63.9 Å². The predicted molar refractivity (Wildman–Crippen MR) is 137 cm³/mol. The zero-order valence-electron chi connectivity index (χ0n) is 19.2. The maximum atomic E-state index is 6.03. The minimum atomic E-state index is 0. The Morgan fingerprint density at radius 1 is 1.19 bits per heavy atom. The fraction of sp³-hybridized carbons (Fsp3) is 0.583. The standard InChI is InChI=1S/C24H35N5O2.HI/c1-19-7-11-28(16-23(19)29-12-10-26-18-29)24(25-2)27-15-20-3-5-21(6-4-20)17-31-22-8-13-30-14-9-22;/h3-6,10,12,18-19,22-23H,7-9,11,13-17H2,1-2H3,(H,25,27);1H. The van der Waals surface area contributed by atoms with Crippen molar-refractivity contribution >= 4 is 29.9 Å². The molecule has 8 heteroatoms. The monoisotopic (exact) mass is 553 g/mol. The van der Waals surface area contributed by atoms with Crippen LogP contribution in [0.15, 0.2) is 48.0 Å². The number of rotatable bonds is 6. The highest BCUT2D eigenvalue weighted by atomic mass is 127. The van der Waals surface area contributed by atoms with Crippen LogP contribution in [0, 0.1) is 5.92 Å². The van der Waals surface area contributed by atoms with Crippen LogP contribution >= 0.6 is 24.0 Å². The van der Waals surface area contributed by atoms with Gasteiger partial charge >= 0.3 is 0 Å². The lowest BCUT2D eigenvalue weighted by Gasteiger charge is -2.39. The average Bonchev–Trinajstić information content (AvgIpc) is 3.35. The first-order chi connectivity index (χ1) is 15.2. The Morgan fingerprint density at radius 2 is 1.94 bits per heavy atom. The summed E-state index contributed by atoms with van der Waals surface area (Å²) in [6.45, 7) is 7.35. The lowest BCUT2D eigenvalue weighted by Crippen LogP contribution is -2.48. The van der Waals surface area contributed by atoms with Crippen molar-refractivity contribution in [3.8, 4) is 0 Å². The number of nitrogens with zero attached hydrogens (tertiary/aromatic N) is 4. The molecule has 3 heterocycles. The van der Waals surface area contributed by atoms with Crippen molar-refractivity contribution < 1.29 is 9.47 Å². The highest BCUT2D eigenvalue weighted by Crippen LogP contribution is 2.27. The molecule has 0 spiro atoms. The predicted octanol–water partition coefficient (Wildman–Crippen LogP) is 3.86. The van der Waals surface area contributed by atoms with Gasteiger partial charge in [-0.3, -0.25) is 4.99 Å². The molecular weight excluding hydrogens is 517 g/mol. The van der Waals surface area contributed by atoms with Crippen LogP contribution < -0.4 is 5.32 Å². The Bertz CT molecular complexity index is 821. The van der Waals surface area contributed by atoms with Crippen LogP contribution in [0.5, 0.6) is 0 Å². The molecule has 2 unspecified atom stereocenters. The number of imidazole rings is 1. The minimum absolute atomic E-state index is 0. The van der Waals surface area contributed by atoms with Crippen molar-refractivity contribution in [3.05, 3.63) is 54.1 Å². The normalized spacial score (nSPS) is 22.4. The molecule has 2 fully saturated rings. The second-order valence-electron chi connectivity index (χ2n) is 8.63. The van der Waals surface area contributed by atoms with E-state index in [0.717, 1.165) is 58.1 Å². The number of ether oxygens (including phenoxy) is 2. The molecule has 2 aliphatic heterocycles. The maximum Gasteiger partial charge on any atom is 0.193 e. The lowest BCUT2D eigenvalue weighted by molar-refractivity contribution is -0.0390. The molecular formula is C24H36IN5O2. The van der Waals surface area contributed by atoms with Crippen LogP contribution in [0.3, 0.4) is 0 Å². The van der Waals surface area contributed by atoms with Gasteiger partial charge in [-0.1, -0.05) is 31.2 Å². The van der Waals surface area contributed by atoms with E-state index in [1.807, 2.05) is 19.6 Å². The number of hydrogen-bond donors (Lipinski definition) is 1. The fourth-order valence-corrected chi connectivity index (χ4v) is 4.42. The van der Waals surface area contributed by atoms with E-state index in [-0.39, 0.29) is 24.0 Å². The lowest BCUT2D eigenvalue weighted by atomic mass is 9.93. The first-order valence-corrected chi connectivity index (χ1v) is 11.4. The zero-order chi connectivity index (χ0) is 21.5. The third-order valence-corrected chi connectivity index (χ3v) is 6.47. The Kier molecular flexibility index (Phi) is 9.80. The van der Waals surface area contributed by atoms with E-state index in [1.54, 1.807) is 0 Å². The minimum Gasteiger partial charge on any atom is -0.381 e. The van der Waals surface area contributed by atoms with E-state index in [9.17, 15) is 0 Å². The average molecular weight is 553 g/mol. The summed E-state index contributed by atoms with van der Waals surface area (Å²) < 4.78 is 13.6. The van der Waals surface area contributed by atoms with Crippen molar-refractivity contribution in [3.63, 3.8) is 0 Å². The van der Waals surface area contributed by atoms with Gasteiger partial charge in [0, 0.05) is 52.3 Å². The Balaban J connectivity index is 0.00000289. The number of nitrogens with one attached hydrogen (secondary N) is 1. The van der Waals surface area contributed by atoms with Crippen LogP contribution in [0.2, 0.25) is 0 Å². The Labute approximate surface area is 208 Å². The summed E-state index contributed by atoms with van der Waals surface area (Å²) in [5, 5.41) is 3.55. The molecule has 2 aromatic rings. The fourth-order valence-electron chi connectivity index (χ4n) is 4.42. The highest BCUT2D eigenvalue weighted by molar-refractivity contribution is 14.0. The van der Waals surface area contributed by atoms with Crippen molar-refractivity contribution in [1.29, 1.82) is 0 Å². The number of benzene rings is 1. The van der Waals surface area contributed by atoms with Crippen LogP contribution in [0.4, 0.5) is 0 Å². The third kappa shape index (κ3) is 6.68. The van der Waals surface area contributed by atoms with Gasteiger partial charge in [-0.15, -0.1) is 24.0 Å². The van der Waals surface area contributed by atoms with Gasteiger partial charge in [-0.25, -0.2) is 4.98 Å². The largest absolute Gasteiger partial charge is 0.381 e. The first kappa shape index (κ1) is 25.0. The van der Waals surface area contributed by atoms with E-state index < -0.39 is 0 Å². The smallest absolute Gasteiger partial charge is 0.193 e. The number of piperidine rings is 1. The molecule has 2 saturated heterocycles. The zero-order valence-corrected chi connectivity index (χ0v) is 21.5. The van der Waals surface area contributed by atoms with Crippen LogP contribution in [-0.4, -0.2) is 59.9 Å². The first-order valence-electron chi connectivity index (χ1n) is 11.4. The van der Waals surface area contributed by atoms with Gasteiger partial charge < -0.3 is 24.3 Å². The van der Waals surface area contributed by atoms with Gasteiger partial charge in [0.2, 0.25) is 0 Å². The van der Waals surface area contributed by atoms with Crippen molar-refractivity contribution in [2.75, 3.05) is 33.4 Å². The van der Waals surface area contributed by atoms with Crippen LogP contribution in [0.1, 0.15) is 43.4 Å². The van der Waals surface area contributed by atoms with E-state index in [4.69, 9.17) is 9.47 Å². The number of likely N-dealkylation sites (tertiary alicyclic amines) is 1. The van der Waals surface area contributed by atoms with Crippen LogP contribution in [-0.2, 0) is 22.6 Å². The van der Waals surface area contributed by atoms with E-state index >= 15 is 0 Å². The van der Waals surface area contributed by atoms with Crippen LogP contribution in [0.25, 0.3) is 0 Å². The SMILES string of the molecule is CN=C(NCc1ccc(COC2CCOCC2)cc1)N1CCC(C)C(n2ccnc2)C1.I. The molecule has 0 amide bonds. The number of aromatic nitrogens is 2. The summed E-state index contributed by atoms with van der Waals surface area (Å²) >= 11 is 0. The number of guanidine groups is 1. The second kappa shape index (κ2) is 12.6. The summed E-state index contributed by atoms with van der Waals surface area (Å²) in [6, 6.07) is 9.10. The molecule has 1 N–H and O–H groups in total. The summed E-state index contributed by atoms with van der Waals surface area (Å²) in [5.74, 6) is 1.59. The molecule has 7 nitrogen and oxygen atoms in total. The van der Waals surface area contributed by atoms with Gasteiger partial charge in [0.15, 0.2) is 5.96 Å². The Morgan fingerprint density at radius 3 is 2.62 bits per heavy atom. The quantitative estimate of drug-likeness (QED) is 0.335. The van der Waals surface area contributed by atoms with E-state index in [0.29, 0.717) is 24.7 Å². The highest BCUT2D eigenvalue weighted by Gasteiger charge is 2.28. The van der Waals surface area contributed by atoms with Crippen molar-refractivity contribution in [1.82, 2.24) is 19.8 Å². The molecule has 0 saturated carbocycles. The van der Waals surface area contributed by atoms with Crippen molar-refractivity contribution in [2.45, 2.75) is 51.5 Å². The molecule has 2 atom stereocenters. The molecule has 4 rings (SSSR count). The number of halogens is 1. The van der Waals surface area contributed by atoms with Gasteiger partial charge in [0.1, 0.15) is 0 Å².